The normalized spacial score (nSPS) is 12.7. The molecule has 0 radical (unpaired) electrons. The molecule has 0 heterocycles. The molecule has 1 atom stereocenters. The molecule has 0 amide bonds. The molecule has 1 rings (SSSR count). The third-order valence-corrected chi connectivity index (χ3v) is 3.15. The van der Waals surface area contributed by atoms with Gasteiger partial charge in [0.15, 0.2) is 0 Å². The highest BCUT2D eigenvalue weighted by atomic mass is 35.5. The fourth-order valence-corrected chi connectivity index (χ4v) is 2.33. The Bertz CT molecular complexity index is 341. The molecule has 3 heteroatoms. The minimum Gasteiger partial charge on any atom is -0.385 e. The van der Waals surface area contributed by atoms with Crippen molar-refractivity contribution < 1.29 is 4.74 Å². The van der Waals surface area contributed by atoms with E-state index in [1.54, 1.807) is 7.11 Å². The van der Waals surface area contributed by atoms with E-state index in [1.807, 2.05) is 6.07 Å². The number of hydrogen-bond donors (Lipinski definition) is 1. The molecule has 17 heavy (non-hydrogen) atoms. The highest BCUT2D eigenvalue weighted by Crippen LogP contribution is 2.27. The second-order valence-electron chi connectivity index (χ2n) is 4.27. The van der Waals surface area contributed by atoms with Gasteiger partial charge in [-0.3, -0.25) is 0 Å². The molecule has 0 aliphatic rings. The van der Waals surface area contributed by atoms with Crippen molar-refractivity contribution in [3.05, 3.63) is 34.3 Å². The van der Waals surface area contributed by atoms with Gasteiger partial charge in [0.1, 0.15) is 0 Å². The van der Waals surface area contributed by atoms with Gasteiger partial charge >= 0.3 is 0 Å². The highest BCUT2D eigenvalue weighted by Gasteiger charge is 2.13. The molecule has 0 saturated heterocycles. The van der Waals surface area contributed by atoms with E-state index < -0.39 is 0 Å². The van der Waals surface area contributed by atoms with Crippen LogP contribution in [0.4, 0.5) is 0 Å². The summed E-state index contributed by atoms with van der Waals surface area (Å²) >= 11 is 6.30. The second-order valence-corrected chi connectivity index (χ2v) is 4.68. The smallest absolute Gasteiger partial charge is 0.0462 e. The van der Waals surface area contributed by atoms with Gasteiger partial charge in [-0.15, -0.1) is 0 Å². The van der Waals surface area contributed by atoms with Crippen molar-refractivity contribution in [1.82, 2.24) is 5.32 Å². The first-order valence-electron chi connectivity index (χ1n) is 6.17. The SMILES string of the molecule is CCNC(CCCOC)c1ccc(C)cc1Cl. The standard InChI is InChI=1S/C14H22ClNO/c1-4-16-14(6-5-9-17-3)12-8-7-11(2)10-13(12)15/h7-8,10,14,16H,4-6,9H2,1-3H3. The molecule has 2 nitrogen and oxygen atoms in total. The van der Waals surface area contributed by atoms with Crippen molar-refractivity contribution in [1.29, 1.82) is 0 Å². The van der Waals surface area contributed by atoms with E-state index in [1.165, 1.54) is 11.1 Å². The summed E-state index contributed by atoms with van der Waals surface area (Å²) in [5, 5.41) is 4.33. The molecule has 1 N–H and O–H groups in total. The topological polar surface area (TPSA) is 21.3 Å². The first-order chi connectivity index (χ1) is 8.19. The lowest BCUT2D eigenvalue weighted by Gasteiger charge is -2.19. The lowest BCUT2D eigenvalue weighted by atomic mass is 10.0. The molecule has 1 aromatic carbocycles. The van der Waals surface area contributed by atoms with Gasteiger partial charge in [-0.2, -0.15) is 0 Å². The van der Waals surface area contributed by atoms with E-state index in [9.17, 15) is 0 Å². The molecule has 0 saturated carbocycles. The fraction of sp³-hybridized carbons (Fsp3) is 0.571. The van der Waals surface area contributed by atoms with Crippen LogP contribution in [-0.2, 0) is 4.74 Å². The molecule has 0 fully saturated rings. The Morgan fingerprint density at radius 2 is 2.18 bits per heavy atom. The third kappa shape index (κ3) is 4.66. The van der Waals surface area contributed by atoms with E-state index in [2.05, 4.69) is 31.3 Å². The number of rotatable bonds is 7. The Hall–Kier alpha value is -0.570. The number of nitrogens with one attached hydrogen (secondary N) is 1. The summed E-state index contributed by atoms with van der Waals surface area (Å²) in [6.07, 6.45) is 2.09. The monoisotopic (exact) mass is 255 g/mol. The summed E-state index contributed by atoms with van der Waals surface area (Å²) < 4.78 is 5.09. The zero-order valence-corrected chi connectivity index (χ0v) is 11.7. The lowest BCUT2D eigenvalue weighted by molar-refractivity contribution is 0.189. The molecule has 0 aromatic heterocycles. The summed E-state index contributed by atoms with van der Waals surface area (Å²) in [7, 11) is 1.74. The Kier molecular flexibility index (Phi) is 6.56. The minimum absolute atomic E-state index is 0.322. The molecule has 1 aromatic rings. The number of ether oxygens (including phenoxy) is 1. The number of halogens is 1. The van der Waals surface area contributed by atoms with E-state index >= 15 is 0 Å². The van der Waals surface area contributed by atoms with Gasteiger partial charge in [0.2, 0.25) is 0 Å². The van der Waals surface area contributed by atoms with Crippen LogP contribution < -0.4 is 5.32 Å². The van der Waals surface area contributed by atoms with Gasteiger partial charge in [-0.05, 0) is 43.5 Å². The van der Waals surface area contributed by atoms with Crippen molar-refractivity contribution in [2.45, 2.75) is 32.7 Å². The first-order valence-corrected chi connectivity index (χ1v) is 6.55. The predicted molar refractivity (Wildman–Crippen MR) is 73.7 cm³/mol. The molecule has 0 aliphatic heterocycles. The quantitative estimate of drug-likeness (QED) is 0.750. The number of hydrogen-bond acceptors (Lipinski definition) is 2. The Labute approximate surface area is 109 Å². The van der Waals surface area contributed by atoms with Crippen molar-refractivity contribution in [2.24, 2.45) is 0 Å². The van der Waals surface area contributed by atoms with Crippen molar-refractivity contribution in [3.63, 3.8) is 0 Å². The van der Waals surface area contributed by atoms with Gasteiger partial charge in [0, 0.05) is 24.8 Å². The second kappa shape index (κ2) is 7.70. The van der Waals surface area contributed by atoms with Crippen LogP contribution in [0, 0.1) is 6.92 Å². The maximum atomic E-state index is 6.30. The molecule has 1 unspecified atom stereocenters. The van der Waals surface area contributed by atoms with Crippen LogP contribution in [0.25, 0.3) is 0 Å². The Morgan fingerprint density at radius 3 is 2.76 bits per heavy atom. The summed E-state index contributed by atoms with van der Waals surface area (Å²) in [6.45, 7) is 5.92. The van der Waals surface area contributed by atoms with Crippen molar-refractivity contribution >= 4 is 11.6 Å². The Balaban J connectivity index is 2.74. The summed E-state index contributed by atoms with van der Waals surface area (Å²) in [6, 6.07) is 6.58. The zero-order valence-electron chi connectivity index (χ0n) is 10.9. The van der Waals surface area contributed by atoms with Gasteiger partial charge < -0.3 is 10.1 Å². The highest BCUT2D eigenvalue weighted by molar-refractivity contribution is 6.31. The molecule has 0 spiro atoms. The van der Waals surface area contributed by atoms with Crippen LogP contribution in [0.5, 0.6) is 0 Å². The molecule has 0 bridgehead atoms. The first kappa shape index (κ1) is 14.5. The van der Waals surface area contributed by atoms with Crippen LogP contribution in [0.1, 0.15) is 36.9 Å². The van der Waals surface area contributed by atoms with Crippen LogP contribution >= 0.6 is 11.6 Å². The van der Waals surface area contributed by atoms with Gasteiger partial charge in [-0.1, -0.05) is 30.7 Å². The maximum Gasteiger partial charge on any atom is 0.0462 e. The van der Waals surface area contributed by atoms with Crippen molar-refractivity contribution in [2.75, 3.05) is 20.3 Å². The third-order valence-electron chi connectivity index (χ3n) is 2.82. The van der Waals surface area contributed by atoms with E-state index in [0.717, 1.165) is 31.0 Å². The van der Waals surface area contributed by atoms with Crippen LogP contribution in [0.3, 0.4) is 0 Å². The van der Waals surface area contributed by atoms with Crippen molar-refractivity contribution in [3.8, 4) is 0 Å². The Morgan fingerprint density at radius 1 is 1.41 bits per heavy atom. The summed E-state index contributed by atoms with van der Waals surface area (Å²) in [4.78, 5) is 0. The number of methoxy groups -OCH3 is 1. The molecule has 0 aliphatic carbocycles. The predicted octanol–water partition coefficient (Wildman–Crippen LogP) is 3.73. The zero-order chi connectivity index (χ0) is 12.7. The van der Waals surface area contributed by atoms with Gasteiger partial charge in [0.05, 0.1) is 0 Å². The average Bonchev–Trinajstić information content (AvgIpc) is 2.28. The van der Waals surface area contributed by atoms with Crippen LogP contribution in [0.15, 0.2) is 18.2 Å². The van der Waals surface area contributed by atoms with Gasteiger partial charge in [-0.25, -0.2) is 0 Å². The van der Waals surface area contributed by atoms with Crippen LogP contribution in [-0.4, -0.2) is 20.3 Å². The van der Waals surface area contributed by atoms with E-state index in [4.69, 9.17) is 16.3 Å². The molecular weight excluding hydrogens is 234 g/mol. The molecule has 96 valence electrons. The number of benzene rings is 1. The molecular formula is C14H22ClNO. The fourth-order valence-electron chi connectivity index (χ4n) is 1.96. The minimum atomic E-state index is 0.322. The van der Waals surface area contributed by atoms with Crippen LogP contribution in [0.2, 0.25) is 5.02 Å². The van der Waals surface area contributed by atoms with E-state index in [0.29, 0.717) is 6.04 Å². The summed E-state index contributed by atoms with van der Waals surface area (Å²) in [5.74, 6) is 0. The maximum absolute atomic E-state index is 6.30. The largest absolute Gasteiger partial charge is 0.385 e. The van der Waals surface area contributed by atoms with E-state index in [-0.39, 0.29) is 0 Å². The van der Waals surface area contributed by atoms with Gasteiger partial charge in [0.25, 0.3) is 0 Å². The lowest BCUT2D eigenvalue weighted by Crippen LogP contribution is -2.21. The summed E-state index contributed by atoms with van der Waals surface area (Å²) in [5.41, 5.74) is 2.39. The number of aryl methyl sites for hydroxylation is 1. The average molecular weight is 256 g/mol.